The van der Waals surface area contributed by atoms with Gasteiger partial charge in [-0.15, -0.1) is 0 Å². The zero-order chi connectivity index (χ0) is 25.5. The molecule has 34 heavy (non-hydrogen) atoms. The Morgan fingerprint density at radius 1 is 0.882 bits per heavy atom. The largest absolute Gasteiger partial charge is 0.493 e. The molecule has 0 atom stereocenters. The Labute approximate surface area is 189 Å². The monoisotopic (exact) mass is 495 g/mol. The second-order valence-corrected chi connectivity index (χ2v) is 6.42. The SMILES string of the molecule is CCOC(=O)CCOc1ccc(Oc2cc(C(F)(F)F)nc(C(F)(F)F)c2C(=O)OCC)cc1. The number of alkyl halides is 6. The number of carbonyl (C=O) groups is 2. The lowest BCUT2D eigenvalue weighted by molar-refractivity contribution is -0.150. The van der Waals surface area contributed by atoms with E-state index in [1.807, 2.05) is 0 Å². The molecule has 2 rings (SSSR count). The van der Waals surface area contributed by atoms with E-state index in [1.54, 1.807) is 6.92 Å². The molecule has 0 aliphatic rings. The van der Waals surface area contributed by atoms with Gasteiger partial charge in [0.15, 0.2) is 5.69 Å². The van der Waals surface area contributed by atoms with Gasteiger partial charge in [-0.1, -0.05) is 0 Å². The molecule has 7 nitrogen and oxygen atoms in total. The second kappa shape index (κ2) is 11.1. The van der Waals surface area contributed by atoms with E-state index in [9.17, 15) is 35.9 Å². The summed E-state index contributed by atoms with van der Waals surface area (Å²) >= 11 is 0. The molecule has 0 fully saturated rings. The highest BCUT2D eigenvalue weighted by molar-refractivity contribution is 5.94. The van der Waals surface area contributed by atoms with E-state index in [1.165, 1.54) is 31.2 Å². The number of benzene rings is 1. The van der Waals surface area contributed by atoms with Crippen molar-refractivity contribution in [3.05, 3.63) is 47.3 Å². The van der Waals surface area contributed by atoms with Crippen LogP contribution in [0.1, 0.15) is 42.0 Å². The normalized spacial score (nSPS) is 11.6. The summed E-state index contributed by atoms with van der Waals surface area (Å²) in [7, 11) is 0. The maximum atomic E-state index is 13.5. The van der Waals surface area contributed by atoms with Gasteiger partial charge in [0.1, 0.15) is 28.5 Å². The van der Waals surface area contributed by atoms with Gasteiger partial charge in [0, 0.05) is 6.07 Å². The zero-order valence-corrected chi connectivity index (χ0v) is 17.9. The first kappa shape index (κ1) is 26.7. The van der Waals surface area contributed by atoms with Crippen molar-refractivity contribution in [2.45, 2.75) is 32.6 Å². The van der Waals surface area contributed by atoms with Crippen molar-refractivity contribution >= 4 is 11.9 Å². The highest BCUT2D eigenvalue weighted by Gasteiger charge is 2.44. The number of carbonyl (C=O) groups excluding carboxylic acids is 2. The number of halogens is 6. The van der Waals surface area contributed by atoms with E-state index in [0.29, 0.717) is 0 Å². The molecule has 1 heterocycles. The first-order chi connectivity index (χ1) is 15.9. The molecule has 0 aliphatic heterocycles. The molecule has 0 spiro atoms. The fourth-order valence-corrected chi connectivity index (χ4v) is 2.57. The fraction of sp³-hybridized carbons (Fsp3) is 0.381. The number of ether oxygens (including phenoxy) is 4. The Balaban J connectivity index is 2.37. The van der Waals surface area contributed by atoms with Crippen LogP contribution in [0, 0.1) is 0 Å². The van der Waals surface area contributed by atoms with Crippen LogP contribution in [0.3, 0.4) is 0 Å². The summed E-state index contributed by atoms with van der Waals surface area (Å²) < 4.78 is 99.8. The fourth-order valence-electron chi connectivity index (χ4n) is 2.57. The standard InChI is InChI=1S/C21H19F6NO6/c1-3-31-16(29)9-10-33-12-5-7-13(8-6-12)34-14-11-15(20(22,23)24)28-18(21(25,26)27)17(14)19(30)32-4-2/h5-8,11H,3-4,9-10H2,1-2H3. The van der Waals surface area contributed by atoms with Crippen molar-refractivity contribution in [2.75, 3.05) is 19.8 Å². The maximum Gasteiger partial charge on any atom is 0.434 e. The molecule has 13 heteroatoms. The van der Waals surface area contributed by atoms with Crippen LogP contribution in [-0.4, -0.2) is 36.7 Å². The van der Waals surface area contributed by atoms with Gasteiger partial charge < -0.3 is 18.9 Å². The van der Waals surface area contributed by atoms with Gasteiger partial charge in [0.05, 0.1) is 26.2 Å². The minimum atomic E-state index is -5.40. The molecular formula is C21H19F6NO6. The third-order valence-corrected chi connectivity index (χ3v) is 3.95. The zero-order valence-electron chi connectivity index (χ0n) is 17.9. The molecule has 0 bridgehead atoms. The number of hydrogen-bond acceptors (Lipinski definition) is 7. The number of esters is 2. The molecule has 1 aromatic heterocycles. The molecule has 0 saturated carbocycles. The van der Waals surface area contributed by atoms with Crippen LogP contribution in [0.5, 0.6) is 17.2 Å². The van der Waals surface area contributed by atoms with E-state index in [-0.39, 0.29) is 43.8 Å². The van der Waals surface area contributed by atoms with Crippen molar-refractivity contribution < 1.29 is 54.9 Å². The van der Waals surface area contributed by atoms with Gasteiger partial charge in [0.25, 0.3) is 0 Å². The van der Waals surface area contributed by atoms with Crippen LogP contribution in [-0.2, 0) is 26.6 Å². The summed E-state index contributed by atoms with van der Waals surface area (Å²) in [6.07, 6.45) is -10.7. The number of pyridine rings is 1. The average molecular weight is 495 g/mol. The van der Waals surface area contributed by atoms with Crippen molar-refractivity contribution in [2.24, 2.45) is 0 Å². The van der Waals surface area contributed by atoms with Crippen molar-refractivity contribution in [1.29, 1.82) is 0 Å². The third-order valence-electron chi connectivity index (χ3n) is 3.95. The highest BCUT2D eigenvalue weighted by atomic mass is 19.4. The number of aromatic nitrogens is 1. The minimum absolute atomic E-state index is 0.0275. The summed E-state index contributed by atoms with van der Waals surface area (Å²) in [6.45, 7) is 2.79. The van der Waals surface area contributed by atoms with Crippen molar-refractivity contribution in [3.8, 4) is 17.2 Å². The van der Waals surface area contributed by atoms with Crippen molar-refractivity contribution in [1.82, 2.24) is 4.98 Å². The topological polar surface area (TPSA) is 84.0 Å². The molecule has 0 radical (unpaired) electrons. The summed E-state index contributed by atoms with van der Waals surface area (Å²) in [5.41, 5.74) is -5.28. The molecule has 2 aromatic rings. The Morgan fingerprint density at radius 3 is 2.00 bits per heavy atom. The molecule has 0 N–H and O–H groups in total. The molecule has 0 aliphatic carbocycles. The first-order valence-corrected chi connectivity index (χ1v) is 9.79. The van der Waals surface area contributed by atoms with E-state index >= 15 is 0 Å². The number of hydrogen-bond donors (Lipinski definition) is 0. The van der Waals surface area contributed by atoms with Crippen LogP contribution in [0.15, 0.2) is 30.3 Å². The Bertz CT molecular complexity index is 1000. The predicted octanol–water partition coefficient (Wildman–Crippen LogP) is 5.42. The molecule has 0 amide bonds. The average Bonchev–Trinajstić information content (AvgIpc) is 2.73. The van der Waals surface area contributed by atoms with Gasteiger partial charge in [-0.2, -0.15) is 26.3 Å². The summed E-state index contributed by atoms with van der Waals surface area (Å²) in [6, 6.07) is 5.18. The summed E-state index contributed by atoms with van der Waals surface area (Å²) in [4.78, 5) is 26.1. The van der Waals surface area contributed by atoms with Crippen LogP contribution < -0.4 is 9.47 Å². The Morgan fingerprint density at radius 2 is 1.47 bits per heavy atom. The maximum absolute atomic E-state index is 13.5. The number of nitrogens with zero attached hydrogens (tertiary/aromatic N) is 1. The van der Waals surface area contributed by atoms with Crippen LogP contribution in [0.2, 0.25) is 0 Å². The van der Waals surface area contributed by atoms with E-state index in [0.717, 1.165) is 0 Å². The molecule has 0 unspecified atom stereocenters. The lowest BCUT2D eigenvalue weighted by Gasteiger charge is -2.18. The molecular weight excluding hydrogens is 476 g/mol. The van der Waals surface area contributed by atoms with Crippen LogP contribution in [0.25, 0.3) is 0 Å². The van der Waals surface area contributed by atoms with Crippen LogP contribution >= 0.6 is 0 Å². The van der Waals surface area contributed by atoms with E-state index < -0.39 is 47.0 Å². The Hall–Kier alpha value is -3.51. The van der Waals surface area contributed by atoms with Gasteiger partial charge in [-0.05, 0) is 38.1 Å². The van der Waals surface area contributed by atoms with Crippen LogP contribution in [0.4, 0.5) is 26.3 Å². The summed E-state index contributed by atoms with van der Waals surface area (Å²) in [5, 5.41) is 0. The highest BCUT2D eigenvalue weighted by Crippen LogP contribution is 2.41. The quantitative estimate of drug-likeness (QED) is 0.339. The lowest BCUT2D eigenvalue weighted by atomic mass is 10.1. The number of rotatable bonds is 9. The second-order valence-electron chi connectivity index (χ2n) is 6.42. The Kier molecular flexibility index (Phi) is 8.71. The van der Waals surface area contributed by atoms with Gasteiger partial charge in [-0.3, -0.25) is 4.79 Å². The smallest absolute Gasteiger partial charge is 0.434 e. The van der Waals surface area contributed by atoms with Gasteiger partial charge >= 0.3 is 24.3 Å². The minimum Gasteiger partial charge on any atom is -0.493 e. The van der Waals surface area contributed by atoms with Crippen molar-refractivity contribution in [3.63, 3.8) is 0 Å². The third kappa shape index (κ3) is 7.25. The van der Waals surface area contributed by atoms with E-state index in [4.69, 9.17) is 14.2 Å². The van der Waals surface area contributed by atoms with Gasteiger partial charge in [-0.25, -0.2) is 9.78 Å². The molecule has 186 valence electrons. The summed E-state index contributed by atoms with van der Waals surface area (Å²) in [5.74, 6) is -3.03. The lowest BCUT2D eigenvalue weighted by Crippen LogP contribution is -2.21. The molecule has 0 saturated heterocycles. The van der Waals surface area contributed by atoms with Gasteiger partial charge in [0.2, 0.25) is 0 Å². The first-order valence-electron chi connectivity index (χ1n) is 9.79. The molecule has 1 aromatic carbocycles. The predicted molar refractivity (Wildman–Crippen MR) is 103 cm³/mol. The van der Waals surface area contributed by atoms with E-state index in [2.05, 4.69) is 9.72 Å².